The second-order valence-corrected chi connectivity index (χ2v) is 8.12. The number of nitrogens with one attached hydrogen (secondary N) is 3. The fourth-order valence-electron chi connectivity index (χ4n) is 2.67. The van der Waals surface area contributed by atoms with Crippen molar-refractivity contribution in [1.29, 1.82) is 0 Å². The molecule has 1 aliphatic heterocycles. The van der Waals surface area contributed by atoms with Crippen molar-refractivity contribution in [1.82, 2.24) is 10.0 Å². The predicted octanol–water partition coefficient (Wildman–Crippen LogP) is 1.31. The zero-order valence-corrected chi connectivity index (χ0v) is 13.9. The molecule has 1 atom stereocenters. The van der Waals surface area contributed by atoms with Gasteiger partial charge in [0.2, 0.25) is 15.9 Å². The van der Waals surface area contributed by atoms with Crippen LogP contribution in [0.1, 0.15) is 25.7 Å². The van der Waals surface area contributed by atoms with E-state index < -0.39 is 10.0 Å². The molecule has 1 amide bonds. The largest absolute Gasteiger partial charge is 0.326 e. The monoisotopic (exact) mass is 337 g/mol. The van der Waals surface area contributed by atoms with Crippen LogP contribution in [0.3, 0.4) is 0 Å². The van der Waals surface area contributed by atoms with Crippen LogP contribution in [0.25, 0.3) is 0 Å². The highest BCUT2D eigenvalue weighted by Crippen LogP contribution is 2.28. The number of hydrogen-bond donors (Lipinski definition) is 3. The molecule has 1 unspecified atom stereocenters. The van der Waals surface area contributed by atoms with Crippen LogP contribution in [0.15, 0.2) is 29.2 Å². The standard InChI is InChI=1S/C16H23N3O3S/c20-16(13-2-1-9-17-11-13)19-14-5-7-15(8-6-14)23(21,22)18-10-12-3-4-12/h5-8,12-13,17-18H,1-4,9-11H2,(H,19,20). The van der Waals surface area contributed by atoms with Gasteiger partial charge in [0.05, 0.1) is 10.8 Å². The summed E-state index contributed by atoms with van der Waals surface area (Å²) < 4.78 is 26.9. The molecule has 0 bridgehead atoms. The molecule has 126 valence electrons. The van der Waals surface area contributed by atoms with E-state index in [9.17, 15) is 13.2 Å². The maximum absolute atomic E-state index is 12.2. The number of carbonyl (C=O) groups excluding carboxylic acids is 1. The molecular weight excluding hydrogens is 314 g/mol. The minimum absolute atomic E-state index is 0.0142. The Morgan fingerprint density at radius 1 is 1.17 bits per heavy atom. The van der Waals surface area contributed by atoms with E-state index in [1.54, 1.807) is 12.1 Å². The Kier molecular flexibility index (Phi) is 4.99. The third-order valence-electron chi connectivity index (χ3n) is 4.36. The predicted molar refractivity (Wildman–Crippen MR) is 88.6 cm³/mol. The van der Waals surface area contributed by atoms with Crippen LogP contribution in [-0.2, 0) is 14.8 Å². The van der Waals surface area contributed by atoms with E-state index in [1.165, 1.54) is 12.1 Å². The minimum Gasteiger partial charge on any atom is -0.326 e. The van der Waals surface area contributed by atoms with Crippen LogP contribution in [0.5, 0.6) is 0 Å². The molecule has 1 aliphatic carbocycles. The molecule has 2 aliphatic rings. The Labute approximate surface area is 137 Å². The molecule has 23 heavy (non-hydrogen) atoms. The molecule has 0 radical (unpaired) electrons. The first-order valence-corrected chi connectivity index (χ1v) is 9.64. The number of hydrogen-bond acceptors (Lipinski definition) is 4. The summed E-state index contributed by atoms with van der Waals surface area (Å²) in [5, 5.41) is 6.07. The van der Waals surface area contributed by atoms with E-state index in [2.05, 4.69) is 15.4 Å². The van der Waals surface area contributed by atoms with Crippen LogP contribution < -0.4 is 15.4 Å². The van der Waals surface area contributed by atoms with Crippen LogP contribution in [-0.4, -0.2) is 34.0 Å². The molecule has 1 aromatic rings. The lowest BCUT2D eigenvalue weighted by molar-refractivity contribution is -0.120. The topological polar surface area (TPSA) is 87.3 Å². The van der Waals surface area contributed by atoms with Gasteiger partial charge in [-0.3, -0.25) is 4.79 Å². The molecule has 3 rings (SSSR count). The number of anilines is 1. The Balaban J connectivity index is 1.58. The normalized spacial score (nSPS) is 21.8. The molecule has 0 spiro atoms. The van der Waals surface area contributed by atoms with Crippen LogP contribution in [0.4, 0.5) is 5.69 Å². The third kappa shape index (κ3) is 4.53. The molecule has 1 saturated carbocycles. The molecule has 2 fully saturated rings. The molecule has 1 aromatic carbocycles. The van der Waals surface area contributed by atoms with Crippen molar-refractivity contribution in [2.75, 3.05) is 25.0 Å². The summed E-state index contributed by atoms with van der Waals surface area (Å²) in [6, 6.07) is 6.34. The Morgan fingerprint density at radius 3 is 2.52 bits per heavy atom. The van der Waals surface area contributed by atoms with Crippen LogP contribution >= 0.6 is 0 Å². The van der Waals surface area contributed by atoms with E-state index in [0.717, 1.165) is 32.2 Å². The second kappa shape index (κ2) is 6.98. The lowest BCUT2D eigenvalue weighted by atomic mass is 9.99. The van der Waals surface area contributed by atoms with Gasteiger partial charge in [-0.25, -0.2) is 13.1 Å². The summed E-state index contributed by atoms with van der Waals surface area (Å²) in [5.74, 6) is 0.458. The Morgan fingerprint density at radius 2 is 1.91 bits per heavy atom. The number of carbonyl (C=O) groups is 1. The zero-order valence-electron chi connectivity index (χ0n) is 13.0. The smallest absolute Gasteiger partial charge is 0.240 e. The van der Waals surface area contributed by atoms with Crippen molar-refractivity contribution in [3.05, 3.63) is 24.3 Å². The van der Waals surface area contributed by atoms with Crippen molar-refractivity contribution >= 4 is 21.6 Å². The number of benzene rings is 1. The van der Waals surface area contributed by atoms with E-state index in [0.29, 0.717) is 24.7 Å². The van der Waals surface area contributed by atoms with Crippen molar-refractivity contribution in [2.45, 2.75) is 30.6 Å². The summed E-state index contributed by atoms with van der Waals surface area (Å²) in [6.45, 7) is 2.17. The van der Waals surface area contributed by atoms with Crippen molar-refractivity contribution in [3.63, 3.8) is 0 Å². The summed E-state index contributed by atoms with van der Waals surface area (Å²) in [6.07, 6.45) is 4.09. The zero-order chi connectivity index (χ0) is 16.3. The maximum atomic E-state index is 12.2. The summed E-state index contributed by atoms with van der Waals surface area (Å²) >= 11 is 0. The van der Waals surface area contributed by atoms with Gasteiger partial charge in [-0.05, 0) is 62.4 Å². The first-order chi connectivity index (χ1) is 11.0. The molecule has 7 heteroatoms. The number of sulfonamides is 1. The highest BCUT2D eigenvalue weighted by atomic mass is 32.2. The van der Waals surface area contributed by atoms with Gasteiger partial charge in [-0.15, -0.1) is 0 Å². The first kappa shape index (κ1) is 16.4. The van der Waals surface area contributed by atoms with E-state index in [1.807, 2.05) is 0 Å². The average molecular weight is 337 g/mol. The third-order valence-corrected chi connectivity index (χ3v) is 5.80. The highest BCUT2D eigenvalue weighted by molar-refractivity contribution is 7.89. The van der Waals surface area contributed by atoms with Gasteiger partial charge in [-0.2, -0.15) is 0 Å². The van der Waals surface area contributed by atoms with Gasteiger partial charge >= 0.3 is 0 Å². The van der Waals surface area contributed by atoms with Gasteiger partial charge in [0.15, 0.2) is 0 Å². The van der Waals surface area contributed by atoms with Gasteiger partial charge < -0.3 is 10.6 Å². The lowest BCUT2D eigenvalue weighted by Gasteiger charge is -2.21. The number of amides is 1. The molecule has 3 N–H and O–H groups in total. The van der Waals surface area contributed by atoms with Crippen LogP contribution in [0, 0.1) is 11.8 Å². The lowest BCUT2D eigenvalue weighted by Crippen LogP contribution is -2.37. The summed E-state index contributed by atoms with van der Waals surface area (Å²) in [7, 11) is -3.45. The quantitative estimate of drug-likeness (QED) is 0.730. The second-order valence-electron chi connectivity index (χ2n) is 6.35. The first-order valence-electron chi connectivity index (χ1n) is 8.16. The van der Waals surface area contributed by atoms with Crippen molar-refractivity contribution in [2.24, 2.45) is 11.8 Å². The van der Waals surface area contributed by atoms with Crippen molar-refractivity contribution < 1.29 is 13.2 Å². The molecule has 6 nitrogen and oxygen atoms in total. The average Bonchev–Trinajstić information content (AvgIpc) is 3.39. The van der Waals surface area contributed by atoms with E-state index in [4.69, 9.17) is 0 Å². The van der Waals surface area contributed by atoms with E-state index in [-0.39, 0.29) is 16.7 Å². The van der Waals surface area contributed by atoms with Gasteiger partial charge in [0, 0.05) is 18.8 Å². The van der Waals surface area contributed by atoms with E-state index >= 15 is 0 Å². The summed E-state index contributed by atoms with van der Waals surface area (Å²) in [4.78, 5) is 12.4. The molecule has 0 aromatic heterocycles. The number of piperidine rings is 1. The fraction of sp³-hybridized carbons (Fsp3) is 0.562. The van der Waals surface area contributed by atoms with Gasteiger partial charge in [0.25, 0.3) is 0 Å². The SMILES string of the molecule is O=C(Nc1ccc(S(=O)(=O)NCC2CC2)cc1)C1CCCNC1. The van der Waals surface area contributed by atoms with Crippen LogP contribution in [0.2, 0.25) is 0 Å². The highest BCUT2D eigenvalue weighted by Gasteiger charge is 2.24. The van der Waals surface area contributed by atoms with Crippen molar-refractivity contribution in [3.8, 4) is 0 Å². The summed E-state index contributed by atoms with van der Waals surface area (Å²) in [5.41, 5.74) is 0.627. The molecular formula is C16H23N3O3S. The van der Waals surface area contributed by atoms with Gasteiger partial charge in [0.1, 0.15) is 0 Å². The molecule has 1 saturated heterocycles. The minimum atomic E-state index is -3.45. The van der Waals surface area contributed by atoms with Gasteiger partial charge in [-0.1, -0.05) is 0 Å². The Bertz CT molecular complexity index is 648. The number of rotatable bonds is 6. The molecule has 1 heterocycles. The Hall–Kier alpha value is -1.44. The maximum Gasteiger partial charge on any atom is 0.240 e. The fourth-order valence-corrected chi connectivity index (χ4v) is 3.79.